The Hall–Kier alpha value is -1.59. The Morgan fingerprint density at radius 2 is 1.93 bits per heavy atom. The number of aryl methyl sites for hydroxylation is 1. The summed E-state index contributed by atoms with van der Waals surface area (Å²) in [6.07, 6.45) is 3.80. The van der Waals surface area contributed by atoms with Gasteiger partial charge in [0, 0.05) is 18.8 Å². The van der Waals surface area contributed by atoms with Gasteiger partial charge in [-0.3, -0.25) is 5.32 Å². The fourth-order valence-electron chi connectivity index (χ4n) is 4.86. The van der Waals surface area contributed by atoms with Crippen LogP contribution in [0.15, 0.2) is 24.3 Å². The van der Waals surface area contributed by atoms with E-state index in [9.17, 15) is 4.79 Å². The van der Waals surface area contributed by atoms with Gasteiger partial charge in [-0.2, -0.15) is 0 Å². The van der Waals surface area contributed by atoms with Crippen molar-refractivity contribution in [2.45, 2.75) is 53.1 Å². The molecular weight excluding hydrogens is 340 g/mol. The number of rotatable bonds is 8. The van der Waals surface area contributed by atoms with Crippen LogP contribution in [0, 0.1) is 23.7 Å². The molecule has 5 nitrogen and oxygen atoms in total. The quantitative estimate of drug-likeness (QED) is 0.664. The molecule has 3 atom stereocenters. The van der Waals surface area contributed by atoms with E-state index in [0.29, 0.717) is 36.7 Å². The number of para-hydroxylation sites is 1. The first kappa shape index (κ1) is 20.2. The van der Waals surface area contributed by atoms with Gasteiger partial charge in [0.15, 0.2) is 0 Å². The number of hydrogen-bond donors (Lipinski definition) is 2. The molecule has 2 N–H and O–H groups in total. The third kappa shape index (κ3) is 4.14. The second kappa shape index (κ2) is 8.19. The lowest BCUT2D eigenvalue weighted by molar-refractivity contribution is -0.0450. The molecule has 3 unspecified atom stereocenters. The van der Waals surface area contributed by atoms with Crippen molar-refractivity contribution in [3.05, 3.63) is 29.8 Å². The van der Waals surface area contributed by atoms with E-state index < -0.39 is 6.09 Å². The van der Waals surface area contributed by atoms with Gasteiger partial charge in [-0.1, -0.05) is 39.0 Å². The first-order valence-electron chi connectivity index (χ1n) is 10.2. The maximum Gasteiger partial charge on any atom is 0.411 e. The van der Waals surface area contributed by atoms with Crippen LogP contribution in [0.1, 0.15) is 45.6 Å². The van der Waals surface area contributed by atoms with Gasteiger partial charge in [-0.15, -0.1) is 0 Å². The summed E-state index contributed by atoms with van der Waals surface area (Å²) in [7, 11) is 0. The topological polar surface area (TPSA) is 59.6 Å². The highest BCUT2D eigenvalue weighted by molar-refractivity contribution is 5.85. The predicted molar refractivity (Wildman–Crippen MR) is 108 cm³/mol. The minimum Gasteiger partial charge on any atom is -0.448 e. The molecular formula is C22H34N2O3. The number of carbonyl (C=O) groups excluding carboxylic acids is 1. The molecule has 1 amide bonds. The van der Waals surface area contributed by atoms with Gasteiger partial charge in [-0.25, -0.2) is 4.79 Å². The van der Waals surface area contributed by atoms with Gasteiger partial charge >= 0.3 is 6.09 Å². The molecule has 2 aliphatic carbocycles. The molecule has 2 fully saturated rings. The smallest absolute Gasteiger partial charge is 0.411 e. The Morgan fingerprint density at radius 1 is 1.19 bits per heavy atom. The van der Waals surface area contributed by atoms with Crippen molar-refractivity contribution in [2.75, 3.05) is 31.6 Å². The largest absolute Gasteiger partial charge is 0.448 e. The molecule has 3 rings (SSSR count). The fourth-order valence-corrected chi connectivity index (χ4v) is 4.86. The molecule has 27 heavy (non-hydrogen) atoms. The van der Waals surface area contributed by atoms with Crippen molar-refractivity contribution in [1.29, 1.82) is 0 Å². The van der Waals surface area contributed by atoms with E-state index in [1.54, 1.807) is 0 Å². The van der Waals surface area contributed by atoms with Gasteiger partial charge in [0.05, 0.1) is 12.7 Å². The molecule has 0 aliphatic heterocycles. The van der Waals surface area contributed by atoms with Crippen LogP contribution < -0.4 is 10.6 Å². The summed E-state index contributed by atoms with van der Waals surface area (Å²) in [6.45, 7) is 11.6. The molecule has 0 heterocycles. The molecule has 0 spiro atoms. The van der Waals surface area contributed by atoms with E-state index in [4.69, 9.17) is 9.47 Å². The second-order valence-corrected chi connectivity index (χ2v) is 8.80. The number of benzene rings is 1. The number of nitrogens with one attached hydrogen (secondary N) is 2. The van der Waals surface area contributed by atoms with Crippen molar-refractivity contribution < 1.29 is 14.3 Å². The Morgan fingerprint density at radius 3 is 2.59 bits per heavy atom. The summed E-state index contributed by atoms with van der Waals surface area (Å²) >= 11 is 0. The molecule has 2 aliphatic rings. The van der Waals surface area contributed by atoms with Crippen LogP contribution in [0.2, 0.25) is 0 Å². The lowest BCUT2D eigenvalue weighted by atomic mass is 9.70. The van der Waals surface area contributed by atoms with E-state index in [1.165, 1.54) is 19.3 Å². The Balaban J connectivity index is 1.26. The van der Waals surface area contributed by atoms with E-state index in [-0.39, 0.29) is 0 Å². The average molecular weight is 375 g/mol. The first-order chi connectivity index (χ1) is 12.8. The van der Waals surface area contributed by atoms with Gasteiger partial charge in [0.25, 0.3) is 0 Å². The van der Waals surface area contributed by atoms with Crippen molar-refractivity contribution in [2.24, 2.45) is 16.7 Å². The Kier molecular flexibility index (Phi) is 6.11. The maximum absolute atomic E-state index is 11.8. The molecule has 5 heteroatoms. The van der Waals surface area contributed by atoms with E-state index >= 15 is 0 Å². The highest BCUT2D eigenvalue weighted by Crippen LogP contribution is 2.66. The molecule has 1 aromatic carbocycles. The van der Waals surface area contributed by atoms with Crippen molar-refractivity contribution in [3.63, 3.8) is 0 Å². The normalized spacial score (nSPS) is 28.3. The predicted octanol–water partition coefficient (Wildman–Crippen LogP) is 4.36. The van der Waals surface area contributed by atoms with E-state index in [1.807, 2.05) is 31.2 Å². The summed E-state index contributed by atoms with van der Waals surface area (Å²) in [4.78, 5) is 11.8. The molecule has 2 saturated carbocycles. The van der Waals surface area contributed by atoms with Crippen LogP contribution >= 0.6 is 0 Å². The van der Waals surface area contributed by atoms with Gasteiger partial charge in [-0.05, 0) is 54.6 Å². The number of carbonyl (C=O) groups is 1. The second-order valence-electron chi connectivity index (χ2n) is 8.80. The summed E-state index contributed by atoms with van der Waals surface area (Å²) in [6, 6.07) is 7.65. The SMILES string of the molecule is Cc1ccccc1NC(=O)OCCNCCOC1CC2CCC1(C)C2(C)C. The maximum atomic E-state index is 11.8. The molecule has 0 radical (unpaired) electrons. The minimum absolute atomic E-state index is 0.314. The summed E-state index contributed by atoms with van der Waals surface area (Å²) in [5.41, 5.74) is 2.51. The van der Waals surface area contributed by atoms with Gasteiger partial charge in [0.1, 0.15) is 6.61 Å². The van der Waals surface area contributed by atoms with Crippen LogP contribution in [0.25, 0.3) is 0 Å². The van der Waals surface area contributed by atoms with Crippen LogP contribution in [0.3, 0.4) is 0 Å². The summed E-state index contributed by atoms with van der Waals surface area (Å²) in [5, 5.41) is 6.05. The lowest BCUT2D eigenvalue weighted by Gasteiger charge is -2.38. The van der Waals surface area contributed by atoms with Crippen LogP contribution in [-0.2, 0) is 9.47 Å². The molecule has 0 saturated heterocycles. The highest BCUT2D eigenvalue weighted by atomic mass is 16.5. The van der Waals surface area contributed by atoms with Crippen LogP contribution in [0.4, 0.5) is 10.5 Å². The number of fused-ring (bicyclic) bond motifs is 2. The van der Waals surface area contributed by atoms with Crippen molar-refractivity contribution in [1.82, 2.24) is 5.32 Å². The van der Waals surface area contributed by atoms with Crippen LogP contribution in [0.5, 0.6) is 0 Å². The lowest BCUT2D eigenvalue weighted by Crippen LogP contribution is -2.38. The fraction of sp³-hybridized carbons (Fsp3) is 0.682. The van der Waals surface area contributed by atoms with Crippen molar-refractivity contribution >= 4 is 11.8 Å². The number of ether oxygens (including phenoxy) is 2. The number of anilines is 1. The summed E-state index contributed by atoms with van der Waals surface area (Å²) < 4.78 is 11.4. The standard InChI is InChI=1S/C22H34N2O3/c1-16-7-5-6-8-18(16)24-20(25)27-14-12-23-11-13-26-19-15-17-9-10-22(19,4)21(17,2)3/h5-8,17,19,23H,9-15H2,1-4H3,(H,24,25). The molecule has 2 bridgehead atoms. The molecule has 150 valence electrons. The highest BCUT2D eigenvalue weighted by Gasteiger charge is 2.61. The summed E-state index contributed by atoms with van der Waals surface area (Å²) in [5.74, 6) is 0.806. The third-order valence-corrected chi connectivity index (χ3v) is 7.21. The van der Waals surface area contributed by atoms with E-state index in [0.717, 1.165) is 23.7 Å². The number of hydrogen-bond acceptors (Lipinski definition) is 4. The van der Waals surface area contributed by atoms with Gasteiger partial charge in [0.2, 0.25) is 0 Å². The Bertz CT molecular complexity index is 661. The van der Waals surface area contributed by atoms with Gasteiger partial charge < -0.3 is 14.8 Å². The average Bonchev–Trinajstić information content (AvgIpc) is 2.96. The third-order valence-electron chi connectivity index (χ3n) is 7.21. The zero-order chi connectivity index (χ0) is 19.5. The van der Waals surface area contributed by atoms with E-state index in [2.05, 4.69) is 31.4 Å². The zero-order valence-electron chi connectivity index (χ0n) is 17.1. The zero-order valence-corrected chi connectivity index (χ0v) is 17.1. The monoisotopic (exact) mass is 374 g/mol. The Labute approximate surface area is 163 Å². The van der Waals surface area contributed by atoms with Crippen LogP contribution in [-0.4, -0.2) is 38.5 Å². The van der Waals surface area contributed by atoms with Crippen molar-refractivity contribution in [3.8, 4) is 0 Å². The molecule has 1 aromatic rings. The first-order valence-corrected chi connectivity index (χ1v) is 10.2. The minimum atomic E-state index is -0.417. The number of amides is 1. The molecule has 0 aromatic heterocycles.